The van der Waals surface area contributed by atoms with Crippen molar-refractivity contribution < 1.29 is 14.6 Å². The minimum atomic E-state index is -1.08. The third-order valence-corrected chi connectivity index (χ3v) is 5.98. The number of hydrogen-bond donors (Lipinski definition) is 1. The molecule has 1 aliphatic heterocycles. The van der Waals surface area contributed by atoms with Crippen molar-refractivity contribution in [2.75, 3.05) is 13.1 Å². The van der Waals surface area contributed by atoms with Crippen LogP contribution >= 0.6 is 0 Å². The van der Waals surface area contributed by atoms with Gasteiger partial charge in [-0.05, 0) is 35.4 Å². The average Bonchev–Trinajstić information content (AvgIpc) is 2.84. The molecule has 4 heteroatoms. The smallest absolute Gasteiger partial charge is 0.410 e. The number of rotatable bonds is 5. The van der Waals surface area contributed by atoms with Crippen molar-refractivity contribution in [1.82, 2.24) is 4.90 Å². The second-order valence-electron chi connectivity index (χ2n) is 7.80. The van der Waals surface area contributed by atoms with Crippen LogP contribution in [-0.4, -0.2) is 29.2 Å². The molecule has 0 aliphatic carbocycles. The van der Waals surface area contributed by atoms with Gasteiger partial charge in [-0.3, -0.25) is 0 Å². The normalized spacial score (nSPS) is 15.0. The minimum absolute atomic E-state index is 0.0143. The number of carbonyl (C=O) groups is 1. The fourth-order valence-corrected chi connectivity index (χ4v) is 4.31. The van der Waals surface area contributed by atoms with Crippen molar-refractivity contribution >= 4 is 6.09 Å². The van der Waals surface area contributed by atoms with Crippen LogP contribution in [-0.2, 0) is 16.9 Å². The maximum absolute atomic E-state index is 12.5. The Morgan fingerprint density at radius 2 is 1.30 bits per heavy atom. The van der Waals surface area contributed by atoms with Crippen LogP contribution in [0.5, 0.6) is 0 Å². The van der Waals surface area contributed by atoms with Gasteiger partial charge in [-0.15, -0.1) is 0 Å². The highest BCUT2D eigenvalue weighted by Gasteiger charge is 2.42. The highest BCUT2D eigenvalue weighted by molar-refractivity contribution is 5.67. The molecule has 0 saturated carbocycles. The van der Waals surface area contributed by atoms with E-state index in [1.54, 1.807) is 4.90 Å². The summed E-state index contributed by atoms with van der Waals surface area (Å²) < 4.78 is 5.48. The molecule has 0 bridgehead atoms. The van der Waals surface area contributed by atoms with Crippen LogP contribution < -0.4 is 0 Å². The molecule has 0 unspecified atom stereocenters. The van der Waals surface area contributed by atoms with Crippen LogP contribution in [0.4, 0.5) is 4.79 Å². The van der Waals surface area contributed by atoms with Gasteiger partial charge in [0.25, 0.3) is 0 Å². The average molecular weight is 402 g/mol. The number of carbonyl (C=O) groups excluding carboxylic acids is 1. The SMILES string of the molecule is O=C(OCc1ccccc1)N1CCC(C(O)(c2ccccc2)c2ccccc2)CC1. The summed E-state index contributed by atoms with van der Waals surface area (Å²) >= 11 is 0. The van der Waals surface area contributed by atoms with Crippen LogP contribution in [0.2, 0.25) is 0 Å². The van der Waals surface area contributed by atoms with Crippen LogP contribution in [0.1, 0.15) is 29.5 Å². The van der Waals surface area contributed by atoms with E-state index in [4.69, 9.17) is 4.74 Å². The van der Waals surface area contributed by atoms with Crippen LogP contribution in [0.25, 0.3) is 0 Å². The van der Waals surface area contributed by atoms with Crippen molar-refractivity contribution in [3.8, 4) is 0 Å². The van der Waals surface area contributed by atoms with E-state index in [0.29, 0.717) is 25.9 Å². The summed E-state index contributed by atoms with van der Waals surface area (Å²) in [6.45, 7) is 1.41. The van der Waals surface area contributed by atoms with Gasteiger partial charge in [0.1, 0.15) is 12.2 Å². The predicted molar refractivity (Wildman–Crippen MR) is 117 cm³/mol. The molecule has 154 valence electrons. The molecule has 1 fully saturated rings. The summed E-state index contributed by atoms with van der Waals surface area (Å²) in [7, 11) is 0. The first-order valence-corrected chi connectivity index (χ1v) is 10.5. The number of ether oxygens (including phenoxy) is 1. The van der Waals surface area contributed by atoms with Crippen molar-refractivity contribution in [3.05, 3.63) is 108 Å². The Morgan fingerprint density at radius 1 is 0.833 bits per heavy atom. The van der Waals surface area contributed by atoms with Gasteiger partial charge in [-0.25, -0.2) is 4.79 Å². The topological polar surface area (TPSA) is 49.8 Å². The maximum Gasteiger partial charge on any atom is 0.410 e. The predicted octanol–water partition coefficient (Wildman–Crippen LogP) is 4.97. The van der Waals surface area contributed by atoms with E-state index in [1.807, 2.05) is 91.0 Å². The zero-order chi connectivity index (χ0) is 20.8. The van der Waals surface area contributed by atoms with E-state index < -0.39 is 5.60 Å². The minimum Gasteiger partial charge on any atom is -0.445 e. The molecular formula is C26H27NO3. The summed E-state index contributed by atoms with van der Waals surface area (Å²) in [6, 6.07) is 29.4. The Balaban J connectivity index is 1.45. The fraction of sp³-hybridized carbons (Fsp3) is 0.269. The fourth-order valence-electron chi connectivity index (χ4n) is 4.31. The first-order chi connectivity index (χ1) is 14.7. The van der Waals surface area contributed by atoms with Crippen LogP contribution in [0.15, 0.2) is 91.0 Å². The van der Waals surface area contributed by atoms with E-state index >= 15 is 0 Å². The number of amides is 1. The summed E-state index contributed by atoms with van der Waals surface area (Å²) in [5, 5.41) is 11.9. The lowest BCUT2D eigenvalue weighted by Gasteiger charge is -2.42. The quantitative estimate of drug-likeness (QED) is 0.657. The molecule has 4 rings (SSSR count). The van der Waals surface area contributed by atoms with Gasteiger partial charge in [0.15, 0.2) is 0 Å². The molecule has 0 spiro atoms. The van der Waals surface area contributed by atoms with E-state index in [-0.39, 0.29) is 18.6 Å². The highest BCUT2D eigenvalue weighted by Crippen LogP contribution is 2.41. The second kappa shape index (κ2) is 9.14. The van der Waals surface area contributed by atoms with Gasteiger partial charge < -0.3 is 14.7 Å². The Morgan fingerprint density at radius 3 is 1.80 bits per heavy atom. The molecule has 1 N–H and O–H groups in total. The molecule has 3 aromatic rings. The number of hydrogen-bond acceptors (Lipinski definition) is 3. The second-order valence-corrected chi connectivity index (χ2v) is 7.80. The molecule has 1 saturated heterocycles. The Hall–Kier alpha value is -3.11. The van der Waals surface area contributed by atoms with Crippen molar-refractivity contribution in [3.63, 3.8) is 0 Å². The number of piperidine rings is 1. The molecule has 1 aliphatic rings. The van der Waals surface area contributed by atoms with Gasteiger partial charge in [0.2, 0.25) is 0 Å². The standard InChI is InChI=1S/C26H27NO3/c28-25(30-20-21-10-4-1-5-11-21)27-18-16-24(17-19-27)26(29,22-12-6-2-7-13-22)23-14-8-3-9-15-23/h1-15,24,29H,16-20H2. The third-order valence-electron chi connectivity index (χ3n) is 5.98. The number of aliphatic hydroxyl groups is 1. The highest BCUT2D eigenvalue weighted by atomic mass is 16.6. The van der Waals surface area contributed by atoms with Gasteiger partial charge in [-0.2, -0.15) is 0 Å². The maximum atomic E-state index is 12.5. The summed E-state index contributed by atoms with van der Waals surface area (Å²) in [4.78, 5) is 14.3. The first-order valence-electron chi connectivity index (χ1n) is 10.5. The van der Waals surface area contributed by atoms with Gasteiger partial charge in [0.05, 0.1) is 0 Å². The lowest BCUT2D eigenvalue weighted by molar-refractivity contribution is -0.0149. The number of benzene rings is 3. The Labute approximate surface area is 177 Å². The van der Waals surface area contributed by atoms with Crippen molar-refractivity contribution in [2.45, 2.75) is 25.0 Å². The summed E-state index contributed by atoms with van der Waals surface area (Å²) in [6.07, 6.45) is 1.13. The van der Waals surface area contributed by atoms with E-state index in [0.717, 1.165) is 16.7 Å². The molecule has 0 radical (unpaired) electrons. The van der Waals surface area contributed by atoms with E-state index in [1.165, 1.54) is 0 Å². The Kier molecular flexibility index (Phi) is 6.15. The molecular weight excluding hydrogens is 374 g/mol. The van der Waals surface area contributed by atoms with Gasteiger partial charge in [-0.1, -0.05) is 91.0 Å². The van der Waals surface area contributed by atoms with E-state index in [2.05, 4.69) is 0 Å². The summed E-state index contributed by atoms with van der Waals surface area (Å²) in [5.74, 6) is 0.0143. The van der Waals surface area contributed by atoms with Gasteiger partial charge in [0, 0.05) is 13.1 Å². The molecule has 3 aromatic carbocycles. The molecule has 4 nitrogen and oxygen atoms in total. The Bertz CT molecular complexity index is 896. The molecule has 1 amide bonds. The number of likely N-dealkylation sites (tertiary alicyclic amines) is 1. The monoisotopic (exact) mass is 401 g/mol. The molecule has 0 aromatic heterocycles. The van der Waals surface area contributed by atoms with Gasteiger partial charge >= 0.3 is 6.09 Å². The van der Waals surface area contributed by atoms with Crippen molar-refractivity contribution in [1.29, 1.82) is 0 Å². The van der Waals surface area contributed by atoms with E-state index in [9.17, 15) is 9.90 Å². The molecule has 0 atom stereocenters. The molecule has 30 heavy (non-hydrogen) atoms. The zero-order valence-electron chi connectivity index (χ0n) is 17.0. The third kappa shape index (κ3) is 4.24. The summed E-state index contributed by atoms with van der Waals surface area (Å²) in [5.41, 5.74) is 1.67. The van der Waals surface area contributed by atoms with Crippen LogP contribution in [0.3, 0.4) is 0 Å². The van der Waals surface area contributed by atoms with Crippen molar-refractivity contribution in [2.24, 2.45) is 5.92 Å². The lowest BCUT2D eigenvalue weighted by Crippen LogP contribution is -2.46. The largest absolute Gasteiger partial charge is 0.445 e. The first kappa shape index (κ1) is 20.2. The molecule has 1 heterocycles. The zero-order valence-corrected chi connectivity index (χ0v) is 17.0. The van der Waals surface area contributed by atoms with Crippen LogP contribution in [0, 0.1) is 5.92 Å². The lowest BCUT2D eigenvalue weighted by atomic mass is 9.72. The number of nitrogens with zero attached hydrogens (tertiary/aromatic N) is 1.